The number of hydrogen-bond acceptors (Lipinski definition) is 2. The first-order chi connectivity index (χ1) is 11.9. The maximum atomic E-state index is 12.7. The molecule has 0 bridgehead atoms. The van der Waals surface area contributed by atoms with E-state index in [2.05, 4.69) is 46.4 Å². The molecule has 0 aromatic heterocycles. The van der Waals surface area contributed by atoms with Crippen LogP contribution in [0.1, 0.15) is 36.8 Å². The van der Waals surface area contributed by atoms with Crippen molar-refractivity contribution < 1.29 is 4.79 Å². The zero-order chi connectivity index (χ0) is 18.4. The summed E-state index contributed by atoms with van der Waals surface area (Å²) in [7, 11) is 7.53. The summed E-state index contributed by atoms with van der Waals surface area (Å²) in [6.45, 7) is 3.57. The van der Waals surface area contributed by atoms with Gasteiger partial charge >= 0.3 is 0 Å². The van der Waals surface area contributed by atoms with Crippen LogP contribution in [-0.4, -0.2) is 56.4 Å². The number of rotatable bonds is 5. The predicted molar refractivity (Wildman–Crippen MR) is 119 cm³/mol. The van der Waals surface area contributed by atoms with E-state index in [0.717, 1.165) is 38.2 Å². The van der Waals surface area contributed by atoms with Gasteiger partial charge in [0.2, 0.25) is 5.91 Å². The van der Waals surface area contributed by atoms with Gasteiger partial charge in [-0.05, 0) is 30.9 Å². The maximum Gasteiger partial charge on any atom is 0.230 e. The van der Waals surface area contributed by atoms with Crippen LogP contribution in [0.3, 0.4) is 0 Å². The third-order valence-electron chi connectivity index (χ3n) is 5.25. The van der Waals surface area contributed by atoms with E-state index in [1.54, 1.807) is 11.9 Å². The number of halogens is 1. The summed E-state index contributed by atoms with van der Waals surface area (Å²) in [5.74, 6) is 1.07. The Morgan fingerprint density at radius 1 is 1.19 bits per heavy atom. The standard InChI is InChI=1S/C20H32N4O.HI/c1-16-10-6-7-11-17(16)14-24(5)19(21-2)22-15-20(12-8-9-13-20)18(25)23(3)4;/h6-7,10-11H,8-9,12-15H2,1-5H3,(H,21,22);1H. The molecule has 1 aromatic rings. The Balaban J connectivity index is 0.00000338. The second-order valence-electron chi connectivity index (χ2n) is 7.37. The molecule has 1 fully saturated rings. The van der Waals surface area contributed by atoms with Crippen LogP contribution >= 0.6 is 24.0 Å². The quantitative estimate of drug-likeness (QED) is 0.407. The number of benzene rings is 1. The molecule has 1 saturated carbocycles. The Hall–Kier alpha value is -1.31. The molecule has 1 N–H and O–H groups in total. The van der Waals surface area contributed by atoms with Crippen molar-refractivity contribution in [3.63, 3.8) is 0 Å². The van der Waals surface area contributed by atoms with Crippen LogP contribution < -0.4 is 5.32 Å². The van der Waals surface area contributed by atoms with Crippen LogP contribution in [0.5, 0.6) is 0 Å². The van der Waals surface area contributed by atoms with Gasteiger partial charge in [-0.1, -0.05) is 37.1 Å². The van der Waals surface area contributed by atoms with Gasteiger partial charge in [-0.2, -0.15) is 0 Å². The van der Waals surface area contributed by atoms with E-state index in [-0.39, 0.29) is 35.3 Å². The smallest absolute Gasteiger partial charge is 0.230 e. The molecule has 5 nitrogen and oxygen atoms in total. The van der Waals surface area contributed by atoms with Gasteiger partial charge in [0.1, 0.15) is 0 Å². The molecule has 1 aromatic carbocycles. The summed E-state index contributed by atoms with van der Waals surface area (Å²) in [5.41, 5.74) is 2.27. The summed E-state index contributed by atoms with van der Waals surface area (Å²) >= 11 is 0. The number of nitrogens with one attached hydrogen (secondary N) is 1. The number of carbonyl (C=O) groups excluding carboxylic acids is 1. The molecule has 0 unspecified atom stereocenters. The van der Waals surface area contributed by atoms with Gasteiger partial charge < -0.3 is 15.1 Å². The van der Waals surface area contributed by atoms with Gasteiger partial charge in [-0.25, -0.2) is 0 Å². The van der Waals surface area contributed by atoms with Crippen molar-refractivity contribution in [1.82, 2.24) is 15.1 Å². The topological polar surface area (TPSA) is 47.9 Å². The third kappa shape index (κ3) is 5.34. The summed E-state index contributed by atoms with van der Waals surface area (Å²) in [4.78, 5) is 21.0. The molecule has 146 valence electrons. The highest BCUT2D eigenvalue weighted by atomic mass is 127. The molecular formula is C20H33IN4O. The third-order valence-corrected chi connectivity index (χ3v) is 5.25. The van der Waals surface area contributed by atoms with E-state index < -0.39 is 0 Å². The highest BCUT2D eigenvalue weighted by Crippen LogP contribution is 2.38. The normalized spacial score (nSPS) is 16.0. The first kappa shape index (κ1) is 22.7. The fourth-order valence-corrected chi connectivity index (χ4v) is 3.74. The van der Waals surface area contributed by atoms with Gasteiger partial charge in [0.15, 0.2) is 5.96 Å². The van der Waals surface area contributed by atoms with Gasteiger partial charge in [-0.3, -0.25) is 9.79 Å². The predicted octanol–water partition coefficient (Wildman–Crippen LogP) is 3.27. The highest BCUT2D eigenvalue weighted by Gasteiger charge is 2.42. The molecule has 0 saturated heterocycles. The Labute approximate surface area is 175 Å². The molecule has 0 aliphatic heterocycles. The van der Waals surface area contributed by atoms with Crippen molar-refractivity contribution in [1.29, 1.82) is 0 Å². The van der Waals surface area contributed by atoms with E-state index in [9.17, 15) is 4.79 Å². The Bertz CT molecular complexity index is 624. The van der Waals surface area contributed by atoms with Crippen LogP contribution in [-0.2, 0) is 11.3 Å². The van der Waals surface area contributed by atoms with Crippen LogP contribution in [0, 0.1) is 12.3 Å². The molecule has 1 aliphatic rings. The summed E-state index contributed by atoms with van der Waals surface area (Å²) < 4.78 is 0. The Morgan fingerprint density at radius 2 is 1.81 bits per heavy atom. The van der Waals surface area contributed by atoms with Gasteiger partial charge in [-0.15, -0.1) is 24.0 Å². The molecule has 0 spiro atoms. The van der Waals surface area contributed by atoms with Crippen molar-refractivity contribution >= 4 is 35.8 Å². The molecule has 0 atom stereocenters. The number of aryl methyl sites for hydroxylation is 1. The number of aliphatic imine (C=N–C) groups is 1. The fraction of sp³-hybridized carbons (Fsp3) is 0.600. The Morgan fingerprint density at radius 3 is 2.35 bits per heavy atom. The molecule has 6 heteroatoms. The molecule has 1 amide bonds. The SMILES string of the molecule is CN=C(NCC1(C(=O)N(C)C)CCCC1)N(C)Cc1ccccc1C.I. The van der Waals surface area contributed by atoms with E-state index in [1.807, 2.05) is 21.1 Å². The monoisotopic (exact) mass is 472 g/mol. The minimum Gasteiger partial charge on any atom is -0.355 e. The molecule has 2 rings (SSSR count). The lowest BCUT2D eigenvalue weighted by Crippen LogP contribution is -2.49. The molecule has 26 heavy (non-hydrogen) atoms. The molecule has 0 radical (unpaired) electrons. The zero-order valence-corrected chi connectivity index (χ0v) is 19.0. The second-order valence-corrected chi connectivity index (χ2v) is 7.37. The lowest BCUT2D eigenvalue weighted by molar-refractivity contribution is -0.138. The highest BCUT2D eigenvalue weighted by molar-refractivity contribution is 14.0. The van der Waals surface area contributed by atoms with Crippen LogP contribution in [0.25, 0.3) is 0 Å². The molecule has 1 aliphatic carbocycles. The van der Waals surface area contributed by atoms with Crippen molar-refractivity contribution in [2.45, 2.75) is 39.2 Å². The average molecular weight is 472 g/mol. The first-order valence-electron chi connectivity index (χ1n) is 9.08. The zero-order valence-electron chi connectivity index (χ0n) is 16.7. The largest absolute Gasteiger partial charge is 0.355 e. The van der Waals surface area contributed by atoms with Gasteiger partial charge in [0, 0.05) is 41.3 Å². The average Bonchev–Trinajstić information content (AvgIpc) is 3.06. The number of carbonyl (C=O) groups is 1. The fourth-order valence-electron chi connectivity index (χ4n) is 3.74. The van der Waals surface area contributed by atoms with E-state index in [4.69, 9.17) is 0 Å². The lowest BCUT2D eigenvalue weighted by Gasteiger charge is -2.32. The number of hydrogen-bond donors (Lipinski definition) is 1. The number of guanidine groups is 1. The minimum atomic E-state index is -0.289. The minimum absolute atomic E-state index is 0. The number of nitrogens with zero attached hydrogens (tertiary/aromatic N) is 3. The van der Waals surface area contributed by atoms with Crippen molar-refractivity contribution in [2.75, 3.05) is 34.7 Å². The van der Waals surface area contributed by atoms with E-state index in [0.29, 0.717) is 6.54 Å². The molecule has 0 heterocycles. The summed E-state index contributed by atoms with van der Waals surface area (Å²) in [5, 5.41) is 3.46. The van der Waals surface area contributed by atoms with Gasteiger partial charge in [0.25, 0.3) is 0 Å². The number of amides is 1. The van der Waals surface area contributed by atoms with Crippen molar-refractivity contribution in [2.24, 2.45) is 10.4 Å². The maximum absolute atomic E-state index is 12.7. The van der Waals surface area contributed by atoms with E-state index in [1.165, 1.54) is 11.1 Å². The summed E-state index contributed by atoms with van der Waals surface area (Å²) in [6.07, 6.45) is 4.16. The second kappa shape index (κ2) is 10.1. The van der Waals surface area contributed by atoms with Crippen molar-refractivity contribution in [3.8, 4) is 0 Å². The Kier molecular flexibility index (Phi) is 8.86. The van der Waals surface area contributed by atoms with Gasteiger partial charge in [0.05, 0.1) is 5.41 Å². The molecular weight excluding hydrogens is 439 g/mol. The summed E-state index contributed by atoms with van der Waals surface area (Å²) in [6, 6.07) is 8.40. The van der Waals surface area contributed by atoms with Crippen molar-refractivity contribution in [3.05, 3.63) is 35.4 Å². The van der Waals surface area contributed by atoms with Crippen LogP contribution in [0.4, 0.5) is 0 Å². The first-order valence-corrected chi connectivity index (χ1v) is 9.08. The van der Waals surface area contributed by atoms with Crippen LogP contribution in [0.15, 0.2) is 29.3 Å². The van der Waals surface area contributed by atoms with E-state index >= 15 is 0 Å². The van der Waals surface area contributed by atoms with Crippen LogP contribution in [0.2, 0.25) is 0 Å². The lowest BCUT2D eigenvalue weighted by atomic mass is 9.84.